The summed E-state index contributed by atoms with van der Waals surface area (Å²) in [6, 6.07) is 26.2. The molecule has 0 bridgehead atoms. The molecule has 0 aliphatic carbocycles. The van der Waals surface area contributed by atoms with Crippen molar-refractivity contribution >= 4 is 34.5 Å². The van der Waals surface area contributed by atoms with E-state index in [1.807, 2.05) is 60.7 Å². The molecule has 4 rings (SSSR count). The summed E-state index contributed by atoms with van der Waals surface area (Å²) in [5, 5.41) is 0.768. The van der Waals surface area contributed by atoms with Gasteiger partial charge in [-0.15, -0.1) is 0 Å². The molecule has 1 heterocycles. The molecule has 0 unspecified atom stereocenters. The van der Waals surface area contributed by atoms with Gasteiger partial charge in [-0.1, -0.05) is 72.3 Å². The first-order chi connectivity index (χ1) is 14.2. The molecule has 0 aromatic heterocycles. The molecule has 148 valence electrons. The number of halogens is 1. The molecule has 0 spiro atoms. The third-order valence-electron chi connectivity index (χ3n) is 5.09. The van der Waals surface area contributed by atoms with Crippen LogP contribution in [-0.2, 0) is 6.61 Å². The predicted octanol–water partition coefficient (Wildman–Crippen LogP) is 5.42. The number of anilines is 1. The first-order valence-electron chi connectivity index (χ1n) is 9.76. The second-order valence-electron chi connectivity index (χ2n) is 7.03. The molecule has 3 aromatic carbocycles. The van der Waals surface area contributed by atoms with Gasteiger partial charge in [-0.05, 0) is 35.9 Å². The number of hydrogen-bond donors (Lipinski definition) is 0. The van der Waals surface area contributed by atoms with Gasteiger partial charge >= 0.3 is 0 Å². The van der Waals surface area contributed by atoms with Crippen LogP contribution in [0.4, 0.5) is 5.69 Å². The van der Waals surface area contributed by atoms with E-state index in [4.69, 9.17) is 28.6 Å². The van der Waals surface area contributed by atoms with Crippen LogP contribution in [0.15, 0.2) is 78.9 Å². The standard InChI is InChI=1S/C24H23ClN2OS/c25-20-9-6-10-21(17-20)26-13-15-27(16-14-26)24(29)22-11-4-5-12-23(22)28-18-19-7-2-1-3-8-19/h1-12,17H,13-16,18H2. The highest BCUT2D eigenvalue weighted by molar-refractivity contribution is 7.80. The number of rotatable bonds is 5. The Bertz CT molecular complexity index is 971. The predicted molar refractivity (Wildman–Crippen MR) is 124 cm³/mol. The maximum absolute atomic E-state index is 6.14. The molecule has 0 radical (unpaired) electrons. The van der Waals surface area contributed by atoms with Gasteiger partial charge in [-0.25, -0.2) is 0 Å². The van der Waals surface area contributed by atoms with Gasteiger partial charge in [0.2, 0.25) is 0 Å². The molecule has 3 nitrogen and oxygen atoms in total. The Kier molecular flexibility index (Phi) is 6.33. The first-order valence-corrected chi connectivity index (χ1v) is 10.5. The quantitative estimate of drug-likeness (QED) is 0.510. The molecule has 1 aliphatic rings. The zero-order valence-corrected chi connectivity index (χ0v) is 17.7. The van der Waals surface area contributed by atoms with Crippen molar-refractivity contribution in [3.8, 4) is 5.75 Å². The Labute approximate surface area is 182 Å². The zero-order valence-electron chi connectivity index (χ0n) is 16.1. The van der Waals surface area contributed by atoms with E-state index in [2.05, 4.69) is 28.0 Å². The van der Waals surface area contributed by atoms with Gasteiger partial charge in [0.15, 0.2) is 0 Å². The summed E-state index contributed by atoms with van der Waals surface area (Å²) in [5.74, 6) is 0.832. The van der Waals surface area contributed by atoms with Crippen LogP contribution in [0.25, 0.3) is 0 Å². The van der Waals surface area contributed by atoms with Crippen LogP contribution in [0.2, 0.25) is 5.02 Å². The van der Waals surface area contributed by atoms with E-state index in [1.54, 1.807) is 0 Å². The normalized spacial score (nSPS) is 14.0. The molecule has 1 fully saturated rings. The monoisotopic (exact) mass is 422 g/mol. The summed E-state index contributed by atoms with van der Waals surface area (Å²) in [6.45, 7) is 4.10. The van der Waals surface area contributed by atoms with Crippen LogP contribution in [0.5, 0.6) is 5.75 Å². The van der Waals surface area contributed by atoms with Crippen molar-refractivity contribution in [2.45, 2.75) is 6.61 Å². The Morgan fingerprint density at radius 3 is 2.34 bits per heavy atom. The summed E-state index contributed by atoms with van der Waals surface area (Å²) in [5.41, 5.74) is 3.28. The highest BCUT2D eigenvalue weighted by Gasteiger charge is 2.22. The molecule has 0 atom stereocenters. The lowest BCUT2D eigenvalue weighted by molar-refractivity contribution is 0.304. The third kappa shape index (κ3) is 4.89. The number of ether oxygens (including phenoxy) is 1. The molecule has 0 N–H and O–H groups in total. The lowest BCUT2D eigenvalue weighted by Crippen LogP contribution is -2.48. The van der Waals surface area contributed by atoms with Gasteiger partial charge in [-0.3, -0.25) is 0 Å². The minimum absolute atomic E-state index is 0.531. The topological polar surface area (TPSA) is 15.7 Å². The summed E-state index contributed by atoms with van der Waals surface area (Å²) in [4.78, 5) is 5.46. The van der Waals surface area contributed by atoms with Gasteiger partial charge in [-0.2, -0.15) is 0 Å². The minimum Gasteiger partial charge on any atom is -0.488 e. The lowest BCUT2D eigenvalue weighted by Gasteiger charge is -2.37. The van der Waals surface area contributed by atoms with E-state index in [1.165, 1.54) is 0 Å². The third-order valence-corrected chi connectivity index (χ3v) is 5.81. The maximum Gasteiger partial charge on any atom is 0.130 e. The second-order valence-corrected chi connectivity index (χ2v) is 7.85. The number of hydrogen-bond acceptors (Lipinski definition) is 3. The Morgan fingerprint density at radius 1 is 0.862 bits per heavy atom. The molecule has 5 heteroatoms. The number of para-hydroxylation sites is 1. The zero-order chi connectivity index (χ0) is 20.1. The van der Waals surface area contributed by atoms with Crippen molar-refractivity contribution in [2.24, 2.45) is 0 Å². The van der Waals surface area contributed by atoms with Crippen LogP contribution in [0.3, 0.4) is 0 Å². The van der Waals surface area contributed by atoms with E-state index in [-0.39, 0.29) is 0 Å². The van der Waals surface area contributed by atoms with Crippen LogP contribution >= 0.6 is 23.8 Å². The van der Waals surface area contributed by atoms with Gasteiger partial charge in [0.05, 0.1) is 5.56 Å². The summed E-state index contributed by atoms with van der Waals surface area (Å²) in [7, 11) is 0. The molecule has 1 aliphatic heterocycles. The average Bonchev–Trinajstić information content (AvgIpc) is 2.78. The molecule has 0 saturated carbocycles. The molecular formula is C24H23ClN2OS. The van der Waals surface area contributed by atoms with Crippen LogP contribution < -0.4 is 9.64 Å². The second kappa shape index (κ2) is 9.29. The number of nitrogens with zero attached hydrogens (tertiary/aromatic N) is 2. The van der Waals surface area contributed by atoms with Crippen molar-refractivity contribution < 1.29 is 4.74 Å². The van der Waals surface area contributed by atoms with Crippen molar-refractivity contribution in [3.05, 3.63) is 95.0 Å². The van der Waals surface area contributed by atoms with Crippen LogP contribution in [0.1, 0.15) is 11.1 Å². The Balaban J connectivity index is 1.41. The summed E-state index contributed by atoms with van der Waals surface area (Å²) >= 11 is 12.0. The Morgan fingerprint density at radius 2 is 1.59 bits per heavy atom. The fourth-order valence-corrected chi connectivity index (χ4v) is 4.05. The van der Waals surface area contributed by atoms with Gasteiger partial charge in [0.1, 0.15) is 17.3 Å². The van der Waals surface area contributed by atoms with E-state index in [0.717, 1.165) is 58.8 Å². The van der Waals surface area contributed by atoms with Crippen molar-refractivity contribution in [3.63, 3.8) is 0 Å². The molecule has 0 amide bonds. The van der Waals surface area contributed by atoms with Crippen molar-refractivity contribution in [1.82, 2.24) is 4.90 Å². The minimum atomic E-state index is 0.531. The fraction of sp³-hybridized carbons (Fsp3) is 0.208. The molecular weight excluding hydrogens is 400 g/mol. The fourth-order valence-electron chi connectivity index (χ4n) is 3.52. The highest BCUT2D eigenvalue weighted by Crippen LogP contribution is 2.25. The van der Waals surface area contributed by atoms with E-state index < -0.39 is 0 Å². The smallest absolute Gasteiger partial charge is 0.130 e. The van der Waals surface area contributed by atoms with E-state index in [0.29, 0.717) is 6.61 Å². The molecule has 3 aromatic rings. The summed E-state index contributed by atoms with van der Waals surface area (Å²) < 4.78 is 6.10. The Hall–Kier alpha value is -2.56. The largest absolute Gasteiger partial charge is 0.488 e. The number of thiocarbonyl (C=S) groups is 1. The van der Waals surface area contributed by atoms with E-state index in [9.17, 15) is 0 Å². The van der Waals surface area contributed by atoms with Crippen LogP contribution in [-0.4, -0.2) is 36.1 Å². The number of benzene rings is 3. The van der Waals surface area contributed by atoms with Gasteiger partial charge < -0.3 is 14.5 Å². The number of piperazine rings is 1. The highest BCUT2D eigenvalue weighted by atomic mass is 35.5. The van der Waals surface area contributed by atoms with Gasteiger partial charge in [0.25, 0.3) is 0 Å². The van der Waals surface area contributed by atoms with E-state index >= 15 is 0 Å². The average molecular weight is 423 g/mol. The van der Waals surface area contributed by atoms with Crippen LogP contribution in [0, 0.1) is 0 Å². The first kappa shape index (κ1) is 19.7. The molecule has 1 saturated heterocycles. The lowest BCUT2D eigenvalue weighted by atomic mass is 10.1. The van der Waals surface area contributed by atoms with Crippen molar-refractivity contribution in [2.75, 3.05) is 31.1 Å². The SMILES string of the molecule is S=C(c1ccccc1OCc1ccccc1)N1CCN(c2cccc(Cl)c2)CC1. The maximum atomic E-state index is 6.14. The van der Waals surface area contributed by atoms with Gasteiger partial charge in [0, 0.05) is 36.9 Å². The molecule has 29 heavy (non-hydrogen) atoms. The summed E-state index contributed by atoms with van der Waals surface area (Å²) in [6.07, 6.45) is 0. The van der Waals surface area contributed by atoms with Crippen molar-refractivity contribution in [1.29, 1.82) is 0 Å².